The normalized spacial score (nSPS) is 22.8. The molecule has 1 fully saturated rings. The molecule has 1 unspecified atom stereocenters. The molecule has 2 aromatic heterocycles. The molecule has 162 valence electrons. The standard InChI is InChI=1S/C23H23F3N4O/c24-23(25,26)20-11-18-21(28-13-29-22(18)30-20)27-12-19-16-4-2-1-3-14(16)5-6-17(19)15-7-9-31-10-8-15/h1-4,11-13,15,17,19H,5-10H2,(H,28,29,30)/p+1/b27-12-/t17-,19?/m1/s1. The summed E-state index contributed by atoms with van der Waals surface area (Å²) in [7, 11) is 0. The summed E-state index contributed by atoms with van der Waals surface area (Å²) in [6.45, 7) is 1.57. The van der Waals surface area contributed by atoms with E-state index in [4.69, 9.17) is 4.74 Å². The van der Waals surface area contributed by atoms with E-state index in [-0.39, 0.29) is 11.6 Å². The number of halogens is 3. The van der Waals surface area contributed by atoms with Crippen LogP contribution in [0.2, 0.25) is 0 Å². The fourth-order valence-electron chi connectivity index (χ4n) is 5.06. The first kappa shape index (κ1) is 20.2. The Labute approximate surface area is 177 Å². The molecule has 2 atom stereocenters. The predicted molar refractivity (Wildman–Crippen MR) is 110 cm³/mol. The molecule has 0 spiro atoms. The number of nitrogens with zero attached hydrogens (tertiary/aromatic N) is 2. The Morgan fingerprint density at radius 3 is 2.77 bits per heavy atom. The van der Waals surface area contributed by atoms with Gasteiger partial charge >= 0.3 is 6.18 Å². The van der Waals surface area contributed by atoms with Crippen LogP contribution in [0.25, 0.3) is 11.0 Å². The Morgan fingerprint density at radius 1 is 1.16 bits per heavy atom. The van der Waals surface area contributed by atoms with Crippen molar-refractivity contribution in [2.45, 2.75) is 37.8 Å². The molecule has 8 heteroatoms. The molecule has 1 aliphatic carbocycles. The number of fused-ring (bicyclic) bond motifs is 2. The van der Waals surface area contributed by atoms with Crippen molar-refractivity contribution in [3.8, 4) is 0 Å². The van der Waals surface area contributed by atoms with E-state index in [1.807, 2.05) is 12.3 Å². The first-order valence-corrected chi connectivity index (χ1v) is 10.7. The average Bonchev–Trinajstić information content (AvgIpc) is 3.24. The maximum absolute atomic E-state index is 13.1. The molecule has 0 radical (unpaired) electrons. The quantitative estimate of drug-likeness (QED) is 0.604. The minimum atomic E-state index is -4.46. The monoisotopic (exact) mass is 429 g/mol. The van der Waals surface area contributed by atoms with E-state index >= 15 is 0 Å². The van der Waals surface area contributed by atoms with Gasteiger partial charge in [0.15, 0.2) is 0 Å². The number of nitrogens with one attached hydrogen (secondary N) is 2. The second kappa shape index (κ2) is 8.07. The second-order valence-corrected chi connectivity index (χ2v) is 8.35. The molecule has 0 amide bonds. The van der Waals surface area contributed by atoms with Crippen LogP contribution in [0.3, 0.4) is 0 Å². The maximum Gasteiger partial charge on any atom is 0.431 e. The number of ether oxygens (including phenoxy) is 1. The van der Waals surface area contributed by atoms with Crippen molar-refractivity contribution < 1.29 is 22.9 Å². The van der Waals surface area contributed by atoms with Gasteiger partial charge in [-0.25, -0.2) is 4.98 Å². The first-order valence-electron chi connectivity index (χ1n) is 10.7. The Morgan fingerprint density at radius 2 is 1.97 bits per heavy atom. The molecule has 1 aliphatic heterocycles. The van der Waals surface area contributed by atoms with Crippen LogP contribution in [0, 0.1) is 11.8 Å². The topological polar surface area (TPSA) is 64.4 Å². The molecule has 5 nitrogen and oxygen atoms in total. The fourth-order valence-corrected chi connectivity index (χ4v) is 5.06. The minimum absolute atomic E-state index is 0.116. The summed E-state index contributed by atoms with van der Waals surface area (Å²) in [5.41, 5.74) is 1.94. The van der Waals surface area contributed by atoms with Crippen molar-refractivity contribution >= 4 is 23.1 Å². The maximum atomic E-state index is 13.1. The lowest BCUT2D eigenvalue weighted by Crippen LogP contribution is -2.32. The zero-order valence-corrected chi connectivity index (χ0v) is 17.0. The lowest BCUT2D eigenvalue weighted by atomic mass is 9.68. The van der Waals surface area contributed by atoms with Gasteiger partial charge in [-0.3, -0.25) is 0 Å². The van der Waals surface area contributed by atoms with Crippen LogP contribution in [0.4, 0.5) is 19.0 Å². The zero-order chi connectivity index (χ0) is 21.4. The van der Waals surface area contributed by atoms with E-state index in [1.54, 1.807) is 0 Å². The molecular weight excluding hydrogens is 405 g/mol. The van der Waals surface area contributed by atoms with Crippen molar-refractivity contribution in [1.29, 1.82) is 0 Å². The number of aliphatic imine (C=N–C) groups is 1. The number of hydrogen-bond donors (Lipinski definition) is 1. The molecule has 5 rings (SSSR count). The highest BCUT2D eigenvalue weighted by molar-refractivity contribution is 5.87. The summed E-state index contributed by atoms with van der Waals surface area (Å²) in [5, 5.41) is 0.331. The number of aryl methyl sites for hydroxylation is 1. The van der Waals surface area contributed by atoms with Gasteiger partial charge in [0, 0.05) is 19.1 Å². The summed E-state index contributed by atoms with van der Waals surface area (Å²) in [5.74, 6) is 1.50. The van der Waals surface area contributed by atoms with E-state index in [1.165, 1.54) is 17.5 Å². The summed E-state index contributed by atoms with van der Waals surface area (Å²) in [6.07, 6.45) is 3.03. The summed E-state index contributed by atoms with van der Waals surface area (Å²) in [6, 6.07) is 9.48. The number of benzene rings is 1. The summed E-state index contributed by atoms with van der Waals surface area (Å²) in [4.78, 5) is 13.9. The lowest BCUT2D eigenvalue weighted by Gasteiger charge is -2.38. The molecule has 0 bridgehead atoms. The Kier molecular flexibility index (Phi) is 5.25. The van der Waals surface area contributed by atoms with Gasteiger partial charge in [-0.2, -0.15) is 13.2 Å². The van der Waals surface area contributed by atoms with Gasteiger partial charge in [-0.15, -0.1) is 4.99 Å². The second-order valence-electron chi connectivity index (χ2n) is 8.35. The fraction of sp³-hybridized carbons (Fsp3) is 0.435. The summed E-state index contributed by atoms with van der Waals surface area (Å²) < 4.78 is 45.0. The van der Waals surface area contributed by atoms with Gasteiger partial charge in [-0.05, 0) is 54.7 Å². The Balaban J connectivity index is 1.52. The van der Waals surface area contributed by atoms with E-state index in [0.717, 1.165) is 45.0 Å². The van der Waals surface area contributed by atoms with Crippen LogP contribution in [-0.2, 0) is 17.3 Å². The average molecular weight is 429 g/mol. The SMILES string of the molecule is FC(F)(F)c1cc2c(/N=C\C3c4ccccc4CC[C@@H]3C3CCOCC3)[nH+]cnc2[nH]1. The molecule has 31 heavy (non-hydrogen) atoms. The van der Waals surface area contributed by atoms with E-state index in [0.29, 0.717) is 23.0 Å². The number of aromatic amines is 2. The highest BCUT2D eigenvalue weighted by Crippen LogP contribution is 2.42. The zero-order valence-electron chi connectivity index (χ0n) is 17.0. The third kappa shape index (κ3) is 3.96. The van der Waals surface area contributed by atoms with Crippen molar-refractivity contribution in [2.75, 3.05) is 13.2 Å². The van der Waals surface area contributed by atoms with Gasteiger partial charge in [0.05, 0.1) is 6.21 Å². The molecule has 1 saturated heterocycles. The molecule has 3 heterocycles. The number of rotatable bonds is 3. The molecule has 1 aromatic carbocycles. The first-order chi connectivity index (χ1) is 15.0. The van der Waals surface area contributed by atoms with Gasteiger partial charge in [0.25, 0.3) is 5.82 Å². The predicted octanol–water partition coefficient (Wildman–Crippen LogP) is 4.87. The van der Waals surface area contributed by atoms with Gasteiger partial charge in [-0.1, -0.05) is 29.2 Å². The van der Waals surface area contributed by atoms with Crippen molar-refractivity contribution in [3.63, 3.8) is 0 Å². The number of hydrogen-bond acceptors (Lipinski definition) is 3. The number of aromatic nitrogens is 3. The Hall–Kier alpha value is -2.74. The highest BCUT2D eigenvalue weighted by atomic mass is 19.4. The Bertz CT molecular complexity index is 1100. The highest BCUT2D eigenvalue weighted by Gasteiger charge is 2.36. The number of H-pyrrole nitrogens is 2. The van der Waals surface area contributed by atoms with Crippen LogP contribution in [0.1, 0.15) is 42.0 Å². The number of alkyl halides is 3. The van der Waals surface area contributed by atoms with Crippen LogP contribution in [0.15, 0.2) is 41.7 Å². The molecular formula is C23H24F3N4O+. The van der Waals surface area contributed by atoms with Gasteiger partial charge < -0.3 is 9.72 Å². The molecule has 2 aliphatic rings. The third-order valence-electron chi connectivity index (χ3n) is 6.61. The third-order valence-corrected chi connectivity index (χ3v) is 6.61. The van der Waals surface area contributed by atoms with E-state index in [9.17, 15) is 13.2 Å². The van der Waals surface area contributed by atoms with Crippen LogP contribution < -0.4 is 4.98 Å². The van der Waals surface area contributed by atoms with Crippen LogP contribution >= 0.6 is 0 Å². The van der Waals surface area contributed by atoms with Gasteiger partial charge in [0.1, 0.15) is 11.1 Å². The molecule has 0 saturated carbocycles. The smallest absolute Gasteiger partial charge is 0.381 e. The van der Waals surface area contributed by atoms with Crippen molar-refractivity contribution in [1.82, 2.24) is 9.97 Å². The molecule has 3 aromatic rings. The summed E-state index contributed by atoms with van der Waals surface area (Å²) >= 11 is 0. The van der Waals surface area contributed by atoms with Crippen molar-refractivity contribution in [2.24, 2.45) is 16.8 Å². The van der Waals surface area contributed by atoms with Crippen LogP contribution in [-0.4, -0.2) is 29.4 Å². The lowest BCUT2D eigenvalue weighted by molar-refractivity contribution is -0.365. The van der Waals surface area contributed by atoms with Crippen LogP contribution in [0.5, 0.6) is 0 Å². The van der Waals surface area contributed by atoms with Crippen molar-refractivity contribution in [3.05, 3.63) is 53.5 Å². The molecule has 2 N–H and O–H groups in total. The largest absolute Gasteiger partial charge is 0.431 e. The van der Waals surface area contributed by atoms with E-state index < -0.39 is 11.9 Å². The minimum Gasteiger partial charge on any atom is -0.381 e. The van der Waals surface area contributed by atoms with E-state index in [2.05, 4.69) is 38.1 Å². The van der Waals surface area contributed by atoms with Gasteiger partial charge in [0.2, 0.25) is 12.0 Å².